The van der Waals surface area contributed by atoms with E-state index in [4.69, 9.17) is 23.2 Å². The van der Waals surface area contributed by atoms with E-state index in [1.807, 2.05) is 38.1 Å². The Kier molecular flexibility index (Phi) is 6.19. The maximum Gasteiger partial charge on any atom is 0.271 e. The van der Waals surface area contributed by atoms with Crippen LogP contribution in [0.4, 0.5) is 15.8 Å². The number of rotatable bonds is 3. The molecule has 1 fully saturated rings. The fourth-order valence-electron chi connectivity index (χ4n) is 3.01. The summed E-state index contributed by atoms with van der Waals surface area (Å²) in [4.78, 5) is 19.9. The molecule has 3 aromatic rings. The van der Waals surface area contributed by atoms with Gasteiger partial charge < -0.3 is 0 Å². The molecule has 7 heteroatoms. The summed E-state index contributed by atoms with van der Waals surface area (Å²) in [6.45, 7) is 3.80. The van der Waals surface area contributed by atoms with E-state index >= 15 is 0 Å². The molecular weight excluding hydrogens is 454 g/mol. The summed E-state index contributed by atoms with van der Waals surface area (Å²) < 4.78 is 13.6. The van der Waals surface area contributed by atoms with Crippen molar-refractivity contribution in [3.8, 4) is 0 Å². The second-order valence-electron chi connectivity index (χ2n) is 7.07. The number of hydrogen-bond acceptors (Lipinski definition) is 3. The Morgan fingerprint density at radius 3 is 2.35 bits per heavy atom. The zero-order chi connectivity index (χ0) is 22.1. The summed E-state index contributed by atoms with van der Waals surface area (Å²) in [5, 5.41) is 1.61. The molecule has 1 heterocycles. The number of halogens is 3. The lowest BCUT2D eigenvalue weighted by atomic mass is 10.2. The monoisotopic (exact) mass is 470 g/mol. The van der Waals surface area contributed by atoms with Gasteiger partial charge in [-0.3, -0.25) is 9.69 Å². The van der Waals surface area contributed by atoms with Gasteiger partial charge in [-0.05, 0) is 84.8 Å². The highest BCUT2D eigenvalue weighted by Gasteiger charge is 2.35. The van der Waals surface area contributed by atoms with E-state index in [0.29, 0.717) is 37.1 Å². The average molecular weight is 471 g/mol. The lowest BCUT2D eigenvalue weighted by molar-refractivity contribution is -0.113. The first kappa shape index (κ1) is 21.6. The van der Waals surface area contributed by atoms with Crippen molar-refractivity contribution >= 4 is 63.5 Å². The van der Waals surface area contributed by atoms with Crippen molar-refractivity contribution in [3.63, 3.8) is 0 Å². The summed E-state index contributed by atoms with van der Waals surface area (Å²) in [5.41, 5.74) is 3.67. The molecule has 0 aromatic heterocycles. The first-order valence-electron chi connectivity index (χ1n) is 9.42. The van der Waals surface area contributed by atoms with Crippen LogP contribution in [0, 0.1) is 19.7 Å². The van der Waals surface area contributed by atoms with Crippen LogP contribution >= 0.6 is 35.0 Å². The standard InChI is InChI=1S/C24H17Cl2FN2OS/c1-14-6-8-18(12-20(14)25)28-24-29(19-9-7-15(2)21(26)13-19)23(30)22(31-24)11-16-4-3-5-17(27)10-16/h3-13H,1-2H3. The Bertz CT molecular complexity index is 1260. The normalized spacial score (nSPS) is 16.5. The molecule has 4 rings (SSSR count). The predicted molar refractivity (Wildman–Crippen MR) is 129 cm³/mol. The van der Waals surface area contributed by atoms with E-state index in [-0.39, 0.29) is 11.7 Å². The van der Waals surface area contributed by atoms with Crippen LogP contribution in [-0.2, 0) is 4.79 Å². The van der Waals surface area contributed by atoms with Gasteiger partial charge in [0.1, 0.15) is 5.82 Å². The maximum absolute atomic E-state index is 13.6. The highest BCUT2D eigenvalue weighted by Crippen LogP contribution is 2.38. The molecule has 0 bridgehead atoms. The first-order chi connectivity index (χ1) is 14.8. The fourth-order valence-corrected chi connectivity index (χ4v) is 4.36. The molecule has 1 aliphatic heterocycles. The quantitative estimate of drug-likeness (QED) is 0.370. The molecule has 0 unspecified atom stereocenters. The third kappa shape index (κ3) is 4.69. The Morgan fingerprint density at radius 2 is 1.68 bits per heavy atom. The van der Waals surface area contributed by atoms with Gasteiger partial charge in [-0.25, -0.2) is 9.38 Å². The second kappa shape index (κ2) is 8.87. The van der Waals surface area contributed by atoms with Crippen LogP contribution in [0.15, 0.2) is 70.6 Å². The Labute approximate surface area is 194 Å². The minimum Gasteiger partial charge on any atom is -0.268 e. The average Bonchev–Trinajstić information content (AvgIpc) is 3.02. The van der Waals surface area contributed by atoms with Crippen molar-refractivity contribution in [2.45, 2.75) is 13.8 Å². The van der Waals surface area contributed by atoms with Gasteiger partial charge in [-0.1, -0.05) is 47.5 Å². The van der Waals surface area contributed by atoms with Crippen molar-refractivity contribution in [3.05, 3.63) is 98.1 Å². The van der Waals surface area contributed by atoms with E-state index in [1.165, 1.54) is 28.8 Å². The molecule has 3 aromatic carbocycles. The van der Waals surface area contributed by atoms with E-state index in [0.717, 1.165) is 11.1 Å². The Balaban J connectivity index is 1.81. The number of amidine groups is 1. The number of nitrogens with zero attached hydrogens (tertiary/aromatic N) is 2. The second-order valence-corrected chi connectivity index (χ2v) is 8.89. The zero-order valence-corrected chi connectivity index (χ0v) is 19.0. The molecule has 156 valence electrons. The van der Waals surface area contributed by atoms with Crippen molar-refractivity contribution in [2.75, 3.05) is 4.90 Å². The molecule has 3 nitrogen and oxygen atoms in total. The van der Waals surface area contributed by atoms with Gasteiger partial charge in [0.15, 0.2) is 5.17 Å². The van der Waals surface area contributed by atoms with Gasteiger partial charge >= 0.3 is 0 Å². The summed E-state index contributed by atoms with van der Waals surface area (Å²) in [6.07, 6.45) is 1.66. The third-order valence-corrected chi connectivity index (χ3v) is 6.53. The topological polar surface area (TPSA) is 32.7 Å². The van der Waals surface area contributed by atoms with Crippen LogP contribution in [0.5, 0.6) is 0 Å². The first-order valence-corrected chi connectivity index (χ1v) is 11.0. The number of aliphatic imine (C=N–C) groups is 1. The molecule has 1 amide bonds. The van der Waals surface area contributed by atoms with Gasteiger partial charge in [0.2, 0.25) is 0 Å². The number of hydrogen-bond donors (Lipinski definition) is 0. The van der Waals surface area contributed by atoms with E-state index in [2.05, 4.69) is 4.99 Å². The van der Waals surface area contributed by atoms with Crippen LogP contribution in [0.25, 0.3) is 6.08 Å². The predicted octanol–water partition coefficient (Wildman–Crippen LogP) is 7.56. The van der Waals surface area contributed by atoms with Gasteiger partial charge in [-0.15, -0.1) is 0 Å². The number of carbonyl (C=O) groups is 1. The van der Waals surface area contributed by atoms with E-state index in [9.17, 15) is 9.18 Å². The summed E-state index contributed by atoms with van der Waals surface area (Å²) in [6, 6.07) is 17.0. The third-order valence-electron chi connectivity index (χ3n) is 4.75. The molecule has 31 heavy (non-hydrogen) atoms. The van der Waals surface area contributed by atoms with Gasteiger partial charge in [0, 0.05) is 10.0 Å². The number of benzene rings is 3. The molecule has 0 N–H and O–H groups in total. The fraction of sp³-hybridized carbons (Fsp3) is 0.0833. The molecule has 0 saturated carbocycles. The van der Waals surface area contributed by atoms with Crippen LogP contribution in [0.1, 0.15) is 16.7 Å². The van der Waals surface area contributed by atoms with E-state index in [1.54, 1.807) is 30.3 Å². The molecule has 0 atom stereocenters. The van der Waals surface area contributed by atoms with Gasteiger partial charge in [-0.2, -0.15) is 0 Å². The molecule has 1 saturated heterocycles. The Hall–Kier alpha value is -2.60. The van der Waals surface area contributed by atoms with Crippen molar-refractivity contribution in [1.82, 2.24) is 0 Å². The number of aryl methyl sites for hydroxylation is 2. The van der Waals surface area contributed by atoms with Crippen LogP contribution in [0.2, 0.25) is 10.0 Å². The number of amides is 1. The minimum atomic E-state index is -0.366. The highest BCUT2D eigenvalue weighted by atomic mass is 35.5. The number of thioether (sulfide) groups is 1. The zero-order valence-electron chi connectivity index (χ0n) is 16.7. The van der Waals surface area contributed by atoms with Crippen LogP contribution < -0.4 is 4.90 Å². The molecule has 0 radical (unpaired) electrons. The molecule has 0 spiro atoms. The number of carbonyl (C=O) groups excluding carboxylic acids is 1. The lowest BCUT2D eigenvalue weighted by Crippen LogP contribution is -2.28. The molecule has 1 aliphatic rings. The minimum absolute atomic E-state index is 0.258. The van der Waals surface area contributed by atoms with Gasteiger partial charge in [0.25, 0.3) is 5.91 Å². The maximum atomic E-state index is 13.6. The van der Waals surface area contributed by atoms with Crippen molar-refractivity contribution in [1.29, 1.82) is 0 Å². The summed E-state index contributed by atoms with van der Waals surface area (Å²) in [7, 11) is 0. The van der Waals surface area contributed by atoms with Gasteiger partial charge in [0.05, 0.1) is 16.3 Å². The lowest BCUT2D eigenvalue weighted by Gasteiger charge is -2.16. The summed E-state index contributed by atoms with van der Waals surface area (Å²) >= 11 is 13.8. The van der Waals surface area contributed by atoms with Crippen LogP contribution in [0.3, 0.4) is 0 Å². The molecule has 0 aliphatic carbocycles. The largest absolute Gasteiger partial charge is 0.271 e. The number of anilines is 1. The Morgan fingerprint density at radius 1 is 0.968 bits per heavy atom. The van der Waals surface area contributed by atoms with Crippen molar-refractivity contribution < 1.29 is 9.18 Å². The van der Waals surface area contributed by atoms with Crippen molar-refractivity contribution in [2.24, 2.45) is 4.99 Å². The highest BCUT2D eigenvalue weighted by molar-refractivity contribution is 8.19. The molecular formula is C24H17Cl2FN2OS. The van der Waals surface area contributed by atoms with Crippen LogP contribution in [-0.4, -0.2) is 11.1 Å². The SMILES string of the molecule is Cc1ccc(N=C2SC(=Cc3cccc(F)c3)C(=O)N2c2ccc(C)c(Cl)c2)cc1Cl. The smallest absolute Gasteiger partial charge is 0.268 e. The van der Waals surface area contributed by atoms with E-state index < -0.39 is 0 Å². The summed E-state index contributed by atoms with van der Waals surface area (Å²) in [5.74, 6) is -0.624.